The molecular formula is C26H31N5O3S. The maximum atomic E-state index is 12.5. The van der Waals surface area contributed by atoms with E-state index in [9.17, 15) is 4.79 Å². The number of methoxy groups -OCH3 is 2. The van der Waals surface area contributed by atoms with Gasteiger partial charge >= 0.3 is 0 Å². The number of benzene rings is 2. The lowest BCUT2D eigenvalue weighted by Gasteiger charge is -2.25. The molecule has 0 atom stereocenters. The standard InChI is InChI=1S/C26H31N5O3S/c1-18-9-11-19(12-10-18)25-29-30-26(31(25)21-7-5-4-6-8-21)35-17-24(32)28-27-16-20-15-22(33-2)13-14-23(20)34-3/h9-16,21H,4-8,17H2,1-3H3,(H,28,32)/b27-16-. The molecule has 184 valence electrons. The van der Waals surface area contributed by atoms with Gasteiger partial charge in [-0.2, -0.15) is 5.10 Å². The fourth-order valence-electron chi connectivity index (χ4n) is 4.22. The lowest BCUT2D eigenvalue weighted by atomic mass is 9.95. The first-order valence-corrected chi connectivity index (χ1v) is 12.8. The Kier molecular flexibility index (Phi) is 8.41. The Morgan fingerprint density at radius 1 is 1.11 bits per heavy atom. The second kappa shape index (κ2) is 11.9. The van der Waals surface area contributed by atoms with Crippen LogP contribution in [0.1, 0.15) is 49.3 Å². The molecule has 9 heteroatoms. The second-order valence-electron chi connectivity index (χ2n) is 8.52. The van der Waals surface area contributed by atoms with E-state index < -0.39 is 0 Å². The largest absolute Gasteiger partial charge is 0.497 e. The van der Waals surface area contributed by atoms with Gasteiger partial charge in [0, 0.05) is 17.2 Å². The van der Waals surface area contributed by atoms with Crippen LogP contribution in [0.2, 0.25) is 0 Å². The Balaban J connectivity index is 1.45. The molecule has 0 unspecified atom stereocenters. The molecule has 0 spiro atoms. The third kappa shape index (κ3) is 6.22. The van der Waals surface area contributed by atoms with E-state index in [1.165, 1.54) is 36.6 Å². The number of amides is 1. The van der Waals surface area contributed by atoms with Crippen molar-refractivity contribution in [2.75, 3.05) is 20.0 Å². The van der Waals surface area contributed by atoms with Gasteiger partial charge < -0.3 is 9.47 Å². The summed E-state index contributed by atoms with van der Waals surface area (Å²) in [6.45, 7) is 2.07. The molecule has 1 amide bonds. The third-order valence-corrected chi connectivity index (χ3v) is 7.02. The smallest absolute Gasteiger partial charge is 0.250 e. The highest BCUT2D eigenvalue weighted by Crippen LogP contribution is 2.35. The van der Waals surface area contributed by atoms with E-state index in [1.807, 2.05) is 0 Å². The summed E-state index contributed by atoms with van der Waals surface area (Å²) in [5.41, 5.74) is 5.55. The van der Waals surface area contributed by atoms with Gasteiger partial charge in [-0.05, 0) is 38.0 Å². The minimum Gasteiger partial charge on any atom is -0.497 e. The molecule has 1 fully saturated rings. The van der Waals surface area contributed by atoms with Crippen LogP contribution >= 0.6 is 11.8 Å². The average Bonchev–Trinajstić information content (AvgIpc) is 3.32. The number of ether oxygens (including phenoxy) is 2. The van der Waals surface area contributed by atoms with Crippen LogP contribution in [0.25, 0.3) is 11.4 Å². The molecule has 8 nitrogen and oxygen atoms in total. The number of nitrogens with one attached hydrogen (secondary N) is 1. The van der Waals surface area contributed by atoms with Crippen molar-refractivity contribution in [1.82, 2.24) is 20.2 Å². The highest BCUT2D eigenvalue weighted by Gasteiger charge is 2.24. The van der Waals surface area contributed by atoms with Crippen LogP contribution in [0.3, 0.4) is 0 Å². The number of hydrogen-bond acceptors (Lipinski definition) is 7. The van der Waals surface area contributed by atoms with E-state index in [4.69, 9.17) is 9.47 Å². The normalized spacial score (nSPS) is 14.3. The third-order valence-electron chi connectivity index (χ3n) is 6.08. The molecule has 2 aromatic carbocycles. The predicted molar refractivity (Wildman–Crippen MR) is 138 cm³/mol. The summed E-state index contributed by atoms with van der Waals surface area (Å²) in [5.74, 6) is 2.15. The molecule has 0 radical (unpaired) electrons. The summed E-state index contributed by atoms with van der Waals surface area (Å²) in [7, 11) is 3.18. The summed E-state index contributed by atoms with van der Waals surface area (Å²) in [6, 6.07) is 14.1. The van der Waals surface area contributed by atoms with Gasteiger partial charge in [0.1, 0.15) is 11.5 Å². The number of carbonyl (C=O) groups excluding carboxylic acids is 1. The fraction of sp³-hybridized carbons (Fsp3) is 0.385. The Morgan fingerprint density at radius 3 is 2.60 bits per heavy atom. The first kappa shape index (κ1) is 24.8. The number of aryl methyl sites for hydroxylation is 1. The zero-order valence-corrected chi connectivity index (χ0v) is 21.2. The van der Waals surface area contributed by atoms with E-state index in [-0.39, 0.29) is 11.7 Å². The number of rotatable bonds is 9. The van der Waals surface area contributed by atoms with Crippen molar-refractivity contribution in [3.05, 3.63) is 53.6 Å². The number of aromatic nitrogens is 3. The van der Waals surface area contributed by atoms with E-state index in [0.29, 0.717) is 23.1 Å². The summed E-state index contributed by atoms with van der Waals surface area (Å²) in [5, 5.41) is 13.8. The van der Waals surface area contributed by atoms with Gasteiger partial charge in [0.25, 0.3) is 5.91 Å². The van der Waals surface area contributed by atoms with Gasteiger partial charge in [-0.3, -0.25) is 9.36 Å². The first-order chi connectivity index (χ1) is 17.1. The van der Waals surface area contributed by atoms with Crippen LogP contribution in [0.15, 0.2) is 52.7 Å². The maximum absolute atomic E-state index is 12.5. The molecule has 35 heavy (non-hydrogen) atoms. The van der Waals surface area contributed by atoms with Crippen LogP contribution in [0, 0.1) is 6.92 Å². The number of nitrogens with zero attached hydrogens (tertiary/aromatic N) is 4. The molecule has 1 aliphatic rings. The monoisotopic (exact) mass is 493 g/mol. The van der Waals surface area contributed by atoms with Crippen molar-refractivity contribution in [1.29, 1.82) is 0 Å². The minimum atomic E-state index is -0.219. The molecule has 1 heterocycles. The van der Waals surface area contributed by atoms with E-state index in [0.717, 1.165) is 29.4 Å². The van der Waals surface area contributed by atoms with Crippen LogP contribution in [-0.4, -0.2) is 46.9 Å². The van der Waals surface area contributed by atoms with E-state index >= 15 is 0 Å². The summed E-state index contributed by atoms with van der Waals surface area (Å²) < 4.78 is 12.8. The van der Waals surface area contributed by atoms with Gasteiger partial charge in [0.05, 0.1) is 26.2 Å². The Labute approximate surface area is 210 Å². The van der Waals surface area contributed by atoms with Gasteiger partial charge in [-0.15, -0.1) is 10.2 Å². The van der Waals surface area contributed by atoms with Gasteiger partial charge in [-0.25, -0.2) is 5.43 Å². The molecule has 0 aliphatic heterocycles. The Hall–Kier alpha value is -3.33. The highest BCUT2D eigenvalue weighted by atomic mass is 32.2. The molecule has 3 aromatic rings. The number of hydrogen-bond donors (Lipinski definition) is 1. The highest BCUT2D eigenvalue weighted by molar-refractivity contribution is 7.99. The van der Waals surface area contributed by atoms with Crippen molar-refractivity contribution in [2.45, 2.75) is 50.2 Å². The zero-order valence-electron chi connectivity index (χ0n) is 20.4. The first-order valence-electron chi connectivity index (χ1n) is 11.8. The Bertz CT molecular complexity index is 1170. The number of carbonyl (C=O) groups is 1. The quantitative estimate of drug-likeness (QED) is 0.256. The topological polar surface area (TPSA) is 90.6 Å². The summed E-state index contributed by atoms with van der Waals surface area (Å²) >= 11 is 1.39. The number of hydrazone groups is 1. The van der Waals surface area contributed by atoms with Gasteiger partial charge in [0.2, 0.25) is 0 Å². The van der Waals surface area contributed by atoms with E-state index in [1.54, 1.807) is 38.6 Å². The van der Waals surface area contributed by atoms with Crippen LogP contribution in [0.4, 0.5) is 0 Å². The summed E-state index contributed by atoms with van der Waals surface area (Å²) in [6.07, 6.45) is 7.41. The molecule has 1 saturated carbocycles. The second-order valence-corrected chi connectivity index (χ2v) is 9.47. The average molecular weight is 494 g/mol. The predicted octanol–water partition coefficient (Wildman–Crippen LogP) is 5.02. The molecule has 4 rings (SSSR count). The van der Waals surface area contributed by atoms with Crippen molar-refractivity contribution in [3.63, 3.8) is 0 Å². The molecule has 1 N–H and O–H groups in total. The zero-order chi connectivity index (χ0) is 24.6. The van der Waals surface area contributed by atoms with E-state index in [2.05, 4.69) is 56.5 Å². The SMILES string of the molecule is COc1ccc(OC)c(/C=N\NC(=O)CSc2nnc(-c3ccc(C)cc3)n2C2CCCCC2)c1. The lowest BCUT2D eigenvalue weighted by molar-refractivity contribution is -0.118. The minimum absolute atomic E-state index is 0.186. The molecule has 1 aromatic heterocycles. The Morgan fingerprint density at radius 2 is 1.89 bits per heavy atom. The number of thioether (sulfide) groups is 1. The van der Waals surface area contributed by atoms with Crippen molar-refractivity contribution < 1.29 is 14.3 Å². The van der Waals surface area contributed by atoms with Crippen LogP contribution < -0.4 is 14.9 Å². The van der Waals surface area contributed by atoms with Crippen LogP contribution in [0.5, 0.6) is 11.5 Å². The van der Waals surface area contributed by atoms with Crippen LogP contribution in [-0.2, 0) is 4.79 Å². The summed E-state index contributed by atoms with van der Waals surface area (Å²) in [4.78, 5) is 12.5. The molecule has 1 aliphatic carbocycles. The molecule has 0 bridgehead atoms. The molecular weight excluding hydrogens is 462 g/mol. The van der Waals surface area contributed by atoms with Crippen molar-refractivity contribution in [2.24, 2.45) is 5.10 Å². The van der Waals surface area contributed by atoms with Gasteiger partial charge in [0.15, 0.2) is 11.0 Å². The van der Waals surface area contributed by atoms with Crippen molar-refractivity contribution in [3.8, 4) is 22.9 Å². The fourth-order valence-corrected chi connectivity index (χ4v) is 5.02. The maximum Gasteiger partial charge on any atom is 0.250 e. The van der Waals surface area contributed by atoms with Crippen molar-refractivity contribution >= 4 is 23.9 Å². The van der Waals surface area contributed by atoms with Gasteiger partial charge in [-0.1, -0.05) is 60.9 Å². The molecule has 0 saturated heterocycles. The lowest BCUT2D eigenvalue weighted by Crippen LogP contribution is -2.20.